The fourth-order valence-corrected chi connectivity index (χ4v) is 4.25. The van der Waals surface area contributed by atoms with Gasteiger partial charge in [-0.05, 0) is 12.2 Å². The first-order chi connectivity index (χ1) is 7.02. The number of hydrogen-bond acceptors (Lipinski definition) is 3. The van der Waals surface area contributed by atoms with E-state index in [4.69, 9.17) is 13.5 Å². The molecule has 4 nitrogen and oxygen atoms in total. The molecule has 78 valence electrons. The van der Waals surface area contributed by atoms with Crippen molar-refractivity contribution in [2.24, 2.45) is 11.5 Å². The molecule has 1 aromatic rings. The average Bonchev–Trinajstić information content (AvgIpc) is 2.15. The molecule has 0 aliphatic carbocycles. The molecule has 0 amide bonds. The summed E-state index contributed by atoms with van der Waals surface area (Å²) in [6.45, 7) is 0. The molecule has 0 atom stereocenters. The maximum absolute atomic E-state index is 7.56. The van der Waals surface area contributed by atoms with Gasteiger partial charge in [0.15, 0.2) is 0 Å². The topological polar surface area (TPSA) is 81.5 Å². The Morgan fingerprint density at radius 1 is 1.20 bits per heavy atom. The van der Waals surface area contributed by atoms with Gasteiger partial charge in [-0.3, -0.25) is 0 Å². The molecule has 0 aliphatic rings. The molecule has 1 aromatic carbocycles. The molecule has 5 N–H and O–H groups in total. The van der Waals surface area contributed by atoms with Crippen LogP contribution in [0.2, 0.25) is 0 Å². The number of nitrogens with two attached hydrogens (primary N) is 2. The van der Waals surface area contributed by atoms with E-state index in [1.807, 2.05) is 18.2 Å². The van der Waals surface area contributed by atoms with Gasteiger partial charge in [-0.1, -0.05) is 0 Å². The predicted molar refractivity (Wildman–Crippen MR) is 63.4 cm³/mol. The summed E-state index contributed by atoms with van der Waals surface area (Å²) in [4.78, 5) is 0. The minimum absolute atomic E-state index is 0.190. The largest absolute Gasteiger partial charge is 0.487 e. The van der Waals surface area contributed by atoms with Crippen molar-refractivity contribution in [2.75, 3.05) is 0 Å². The van der Waals surface area contributed by atoms with Crippen molar-refractivity contribution in [3.8, 4) is 0 Å². The van der Waals surface area contributed by atoms with E-state index in [-0.39, 0.29) is 5.17 Å². The van der Waals surface area contributed by atoms with Gasteiger partial charge in [0.2, 0.25) is 0 Å². The third-order valence-electron chi connectivity index (χ3n) is 1.22. The fraction of sp³-hybridized carbons (Fsp3) is 0. The van der Waals surface area contributed by atoms with Crippen molar-refractivity contribution in [1.29, 1.82) is 0 Å². The zero-order chi connectivity index (χ0) is 11.7. The van der Waals surface area contributed by atoms with Crippen molar-refractivity contribution in [2.45, 2.75) is 0 Å². The monoisotopic (exact) mass is 432 g/mol. The standard InChI is InChI=1S/C6H5.2CH3NOS.Hg/c1-2-4-6-5-3-1;2*2-1(3)4;/h1-5H;2*(H3,2,3,4);/q;;;+1/p-1. The molecule has 0 saturated carbocycles. The third kappa shape index (κ3) is 11.5. The second-order valence-corrected chi connectivity index (χ2v) is 8.67. The zero-order valence-corrected chi connectivity index (χ0v) is 15.1. The molecule has 0 saturated heterocycles. The van der Waals surface area contributed by atoms with Crippen molar-refractivity contribution in [1.82, 2.24) is 0 Å². The maximum atomic E-state index is 7.56. The van der Waals surface area contributed by atoms with Crippen LogP contribution in [0, 0.1) is 0 Å². The van der Waals surface area contributed by atoms with Crippen LogP contribution in [0.5, 0.6) is 0 Å². The Hall–Kier alpha value is -0.465. The second kappa shape index (κ2) is 8.81. The van der Waals surface area contributed by atoms with Gasteiger partial charge in [-0.15, -0.1) is 0 Å². The fourth-order valence-electron chi connectivity index (χ4n) is 0.729. The van der Waals surface area contributed by atoms with E-state index in [2.05, 4.69) is 42.3 Å². The first-order valence-electron chi connectivity index (χ1n) is 3.97. The number of aliphatic hydroxyl groups is 1. The van der Waals surface area contributed by atoms with Crippen molar-refractivity contribution >= 4 is 37.9 Å². The summed E-state index contributed by atoms with van der Waals surface area (Å²) in [5, 5.41) is 7.26. The van der Waals surface area contributed by atoms with Crippen LogP contribution in [-0.4, -0.2) is 15.5 Å². The van der Waals surface area contributed by atoms with Crippen LogP contribution in [0.15, 0.2) is 30.3 Å². The van der Waals surface area contributed by atoms with Crippen molar-refractivity contribution in [3.63, 3.8) is 0 Å². The second-order valence-electron chi connectivity index (χ2n) is 2.43. The van der Waals surface area contributed by atoms with Gasteiger partial charge >= 0.3 is 84.2 Å². The Morgan fingerprint density at radius 2 is 1.67 bits per heavy atom. The van der Waals surface area contributed by atoms with Crippen molar-refractivity contribution in [3.05, 3.63) is 30.3 Å². The van der Waals surface area contributed by atoms with E-state index >= 15 is 0 Å². The maximum Gasteiger partial charge on any atom is 0.251 e. The van der Waals surface area contributed by atoms with Gasteiger partial charge in [0.05, 0.1) is 0 Å². The summed E-state index contributed by atoms with van der Waals surface area (Å²) < 4.78 is 6.45. The van der Waals surface area contributed by atoms with Gasteiger partial charge in [-0.2, -0.15) is 0 Å². The van der Waals surface area contributed by atoms with Crippen LogP contribution in [0.4, 0.5) is 0 Å². The summed E-state index contributed by atoms with van der Waals surface area (Å²) in [7, 11) is 0. The van der Waals surface area contributed by atoms with Gasteiger partial charge in [0.1, 0.15) is 0 Å². The minimum Gasteiger partial charge on any atom is -0.487 e. The zero-order valence-electron chi connectivity index (χ0n) is 7.92. The quantitative estimate of drug-likeness (QED) is 0.464. The first kappa shape index (κ1) is 14.5. The van der Waals surface area contributed by atoms with Gasteiger partial charge in [0, 0.05) is 0 Å². The number of rotatable bonds is 2. The van der Waals surface area contributed by atoms with Crippen LogP contribution in [0.1, 0.15) is 0 Å². The first-order valence-corrected chi connectivity index (χ1v) is 9.78. The van der Waals surface area contributed by atoms with E-state index < -0.39 is 30.2 Å². The minimum atomic E-state index is -1.43. The molecule has 1 rings (SSSR count). The van der Waals surface area contributed by atoms with E-state index in [0.29, 0.717) is 0 Å². The van der Waals surface area contributed by atoms with E-state index in [1.165, 1.54) is 3.07 Å². The Labute approximate surface area is 112 Å². The van der Waals surface area contributed by atoms with E-state index in [1.54, 1.807) is 0 Å². The van der Waals surface area contributed by atoms with Crippen LogP contribution >= 0.6 is 24.4 Å². The number of thiocarbonyl (C=S) groups is 2. The Balaban J connectivity index is 0.000000423. The summed E-state index contributed by atoms with van der Waals surface area (Å²) in [5.74, 6) is 0. The average molecular weight is 431 g/mol. The van der Waals surface area contributed by atoms with E-state index in [9.17, 15) is 0 Å². The molecule has 0 spiro atoms. The third-order valence-corrected chi connectivity index (χ3v) is 7.05. The number of aliphatic hydroxyl groups excluding tert-OH is 1. The Morgan fingerprint density at radius 3 is 2.07 bits per heavy atom. The summed E-state index contributed by atoms with van der Waals surface area (Å²) in [5.41, 5.74) is 9.60. The predicted octanol–water partition coefficient (Wildman–Crippen LogP) is 0.358. The van der Waals surface area contributed by atoms with Crippen LogP contribution < -0.4 is 14.5 Å². The molecule has 0 heterocycles. The van der Waals surface area contributed by atoms with Crippen LogP contribution in [0.25, 0.3) is 0 Å². The Kier molecular flexibility index (Phi) is 8.54. The van der Waals surface area contributed by atoms with Gasteiger partial charge < -0.3 is 10.8 Å². The van der Waals surface area contributed by atoms with Crippen molar-refractivity contribution < 1.29 is 32.8 Å². The molecule has 0 fully saturated rings. The molecule has 0 radical (unpaired) electrons. The molecular formula is C8H10HgN2O2S2. The molecule has 0 unspecified atom stereocenters. The summed E-state index contributed by atoms with van der Waals surface area (Å²) in [6, 6.07) is 10.1. The molecule has 0 bridgehead atoms. The van der Waals surface area contributed by atoms with Crippen LogP contribution in [-0.2, 0) is 27.7 Å². The smallest absolute Gasteiger partial charge is 0.251 e. The number of hydrogen-bond donors (Lipinski definition) is 3. The Bertz CT molecular complexity index is 318. The SMILES string of the molecule is NC(=S)[O][Hg][c]1ccccc1.NC(O)=S. The summed E-state index contributed by atoms with van der Waals surface area (Å²) >= 11 is 7.04. The van der Waals surface area contributed by atoms with Crippen LogP contribution in [0.3, 0.4) is 0 Å². The normalized spacial score (nSPS) is 7.73. The van der Waals surface area contributed by atoms with Gasteiger partial charge in [-0.25, -0.2) is 0 Å². The summed E-state index contributed by atoms with van der Waals surface area (Å²) in [6.07, 6.45) is 0. The molecular weight excluding hydrogens is 421 g/mol. The van der Waals surface area contributed by atoms with E-state index in [0.717, 1.165) is 0 Å². The molecule has 7 heteroatoms. The number of benzene rings is 1. The molecule has 0 aliphatic heterocycles. The molecule has 0 aromatic heterocycles. The molecule has 15 heavy (non-hydrogen) atoms. The van der Waals surface area contributed by atoms with Gasteiger partial charge in [0.25, 0.3) is 5.17 Å².